The van der Waals surface area contributed by atoms with Crippen molar-refractivity contribution in [3.8, 4) is 0 Å². The Morgan fingerprint density at radius 1 is 1.45 bits per heavy atom. The number of hydrogen-bond donors (Lipinski definition) is 1. The molecule has 1 aromatic rings. The third kappa shape index (κ3) is 3.83. The van der Waals surface area contributed by atoms with Crippen molar-refractivity contribution in [2.24, 2.45) is 5.92 Å². The van der Waals surface area contributed by atoms with Gasteiger partial charge in [-0.2, -0.15) is 0 Å². The number of aliphatic carboxylic acids is 1. The van der Waals surface area contributed by atoms with Gasteiger partial charge in [-0.25, -0.2) is 0 Å². The quantitative estimate of drug-likeness (QED) is 0.912. The molecule has 1 saturated heterocycles. The van der Waals surface area contributed by atoms with Gasteiger partial charge in [0, 0.05) is 4.47 Å². The molecular formula is C16H22BrNO2. The van der Waals surface area contributed by atoms with Crippen LogP contribution in [0.5, 0.6) is 0 Å². The Morgan fingerprint density at radius 3 is 2.65 bits per heavy atom. The molecule has 0 aliphatic carbocycles. The van der Waals surface area contributed by atoms with E-state index < -0.39 is 5.97 Å². The lowest BCUT2D eigenvalue weighted by Gasteiger charge is -2.30. The lowest BCUT2D eigenvalue weighted by molar-refractivity contribution is -0.141. The molecule has 1 aliphatic rings. The maximum absolute atomic E-state index is 10.9. The molecule has 0 amide bonds. The second-order valence-electron chi connectivity index (χ2n) is 5.88. The summed E-state index contributed by atoms with van der Waals surface area (Å²) in [6.45, 7) is 4.05. The van der Waals surface area contributed by atoms with Gasteiger partial charge in [0.1, 0.15) is 0 Å². The molecule has 0 spiro atoms. The van der Waals surface area contributed by atoms with Crippen LogP contribution in [0.25, 0.3) is 0 Å². The first-order valence-electron chi connectivity index (χ1n) is 7.17. The molecule has 1 heterocycles. The average Bonchev–Trinajstić information content (AvgIpc) is 2.40. The predicted octanol–water partition coefficient (Wildman–Crippen LogP) is 3.52. The van der Waals surface area contributed by atoms with E-state index >= 15 is 0 Å². The summed E-state index contributed by atoms with van der Waals surface area (Å²) in [5.74, 6) is -0.455. The second kappa shape index (κ2) is 6.72. The monoisotopic (exact) mass is 339 g/mol. The molecule has 4 heteroatoms. The summed E-state index contributed by atoms with van der Waals surface area (Å²) in [5, 5.41) is 8.98. The first kappa shape index (κ1) is 15.5. The lowest BCUT2D eigenvalue weighted by atomic mass is 9.88. The van der Waals surface area contributed by atoms with Crippen LogP contribution in [0.15, 0.2) is 22.7 Å². The third-order valence-corrected chi connectivity index (χ3v) is 4.87. The molecular weight excluding hydrogens is 318 g/mol. The molecule has 1 aliphatic heterocycles. The van der Waals surface area contributed by atoms with Crippen LogP contribution >= 0.6 is 15.9 Å². The van der Waals surface area contributed by atoms with Gasteiger partial charge >= 0.3 is 5.97 Å². The molecule has 110 valence electrons. The molecule has 1 unspecified atom stereocenters. The van der Waals surface area contributed by atoms with Crippen LogP contribution < -0.4 is 0 Å². The summed E-state index contributed by atoms with van der Waals surface area (Å²) in [4.78, 5) is 13.3. The summed E-state index contributed by atoms with van der Waals surface area (Å²) in [7, 11) is 2.17. The number of nitrogens with zero attached hydrogens (tertiary/aromatic N) is 1. The SMILES string of the molecule is CC(Cc1ccc(C2CCN(C)CC2)c(Br)c1)C(=O)O. The van der Waals surface area contributed by atoms with Crippen molar-refractivity contribution < 1.29 is 9.90 Å². The van der Waals surface area contributed by atoms with E-state index in [0.717, 1.165) is 23.1 Å². The standard InChI is InChI=1S/C16H22BrNO2/c1-11(16(19)20)9-12-3-4-14(15(17)10-12)13-5-7-18(2)8-6-13/h3-4,10-11,13H,5-9H2,1-2H3,(H,19,20). The number of rotatable bonds is 4. The number of carbonyl (C=O) groups is 1. The molecule has 20 heavy (non-hydrogen) atoms. The highest BCUT2D eigenvalue weighted by molar-refractivity contribution is 9.10. The molecule has 0 aromatic heterocycles. The van der Waals surface area contributed by atoms with Gasteiger partial charge in [0.05, 0.1) is 5.92 Å². The van der Waals surface area contributed by atoms with Crippen molar-refractivity contribution in [1.82, 2.24) is 4.90 Å². The lowest BCUT2D eigenvalue weighted by Crippen LogP contribution is -2.29. The van der Waals surface area contributed by atoms with Crippen molar-refractivity contribution in [2.75, 3.05) is 20.1 Å². The summed E-state index contributed by atoms with van der Waals surface area (Å²) >= 11 is 3.66. The fourth-order valence-corrected chi connectivity index (χ4v) is 3.54. The molecule has 1 fully saturated rings. The molecule has 2 rings (SSSR count). The Bertz CT molecular complexity index is 481. The minimum atomic E-state index is -0.736. The number of halogens is 1. The molecule has 0 radical (unpaired) electrons. The van der Waals surface area contributed by atoms with E-state index in [1.54, 1.807) is 6.92 Å². The minimum Gasteiger partial charge on any atom is -0.481 e. The summed E-state index contributed by atoms with van der Waals surface area (Å²) in [5.41, 5.74) is 2.45. The van der Waals surface area contributed by atoms with Gasteiger partial charge in [-0.1, -0.05) is 35.0 Å². The van der Waals surface area contributed by atoms with E-state index in [9.17, 15) is 4.79 Å². The van der Waals surface area contributed by atoms with E-state index in [-0.39, 0.29) is 5.92 Å². The normalized spacial score (nSPS) is 18.9. The zero-order valence-corrected chi connectivity index (χ0v) is 13.7. The third-order valence-electron chi connectivity index (χ3n) is 4.19. The van der Waals surface area contributed by atoms with E-state index in [4.69, 9.17) is 5.11 Å². The number of carboxylic acid groups (broad SMARTS) is 1. The van der Waals surface area contributed by atoms with Crippen LogP contribution in [0.2, 0.25) is 0 Å². The topological polar surface area (TPSA) is 40.5 Å². The van der Waals surface area contributed by atoms with E-state index in [1.807, 2.05) is 0 Å². The van der Waals surface area contributed by atoms with Gasteiger partial charge in [-0.05, 0) is 62.5 Å². The number of carboxylic acids is 1. The first-order valence-corrected chi connectivity index (χ1v) is 7.96. The number of piperidine rings is 1. The van der Waals surface area contributed by atoms with Crippen LogP contribution in [-0.4, -0.2) is 36.1 Å². The Balaban J connectivity index is 2.08. The van der Waals surface area contributed by atoms with E-state index in [2.05, 4.69) is 46.1 Å². The summed E-state index contributed by atoms with van der Waals surface area (Å²) in [6, 6.07) is 6.34. The predicted molar refractivity (Wildman–Crippen MR) is 84.1 cm³/mol. The van der Waals surface area contributed by atoms with Crippen LogP contribution in [0, 0.1) is 5.92 Å². The Hall–Kier alpha value is -0.870. The Morgan fingerprint density at radius 2 is 2.10 bits per heavy atom. The minimum absolute atomic E-state index is 0.337. The van der Waals surface area contributed by atoms with Crippen molar-refractivity contribution in [2.45, 2.75) is 32.1 Å². The van der Waals surface area contributed by atoms with Crippen LogP contribution in [0.3, 0.4) is 0 Å². The van der Waals surface area contributed by atoms with Gasteiger partial charge in [0.2, 0.25) is 0 Å². The van der Waals surface area contributed by atoms with Crippen LogP contribution in [0.4, 0.5) is 0 Å². The molecule has 0 saturated carbocycles. The fraction of sp³-hybridized carbons (Fsp3) is 0.562. The maximum Gasteiger partial charge on any atom is 0.306 e. The average molecular weight is 340 g/mol. The number of likely N-dealkylation sites (tertiary alicyclic amines) is 1. The van der Waals surface area contributed by atoms with Crippen molar-refractivity contribution >= 4 is 21.9 Å². The first-order chi connectivity index (χ1) is 9.47. The van der Waals surface area contributed by atoms with Gasteiger partial charge in [-0.15, -0.1) is 0 Å². The summed E-state index contributed by atoms with van der Waals surface area (Å²) < 4.78 is 1.13. The van der Waals surface area contributed by atoms with Gasteiger partial charge in [-0.3, -0.25) is 4.79 Å². The van der Waals surface area contributed by atoms with Gasteiger partial charge in [0.25, 0.3) is 0 Å². The zero-order chi connectivity index (χ0) is 14.7. The van der Waals surface area contributed by atoms with Crippen molar-refractivity contribution in [3.05, 3.63) is 33.8 Å². The fourth-order valence-electron chi connectivity index (χ4n) is 2.79. The van der Waals surface area contributed by atoms with Crippen LogP contribution in [-0.2, 0) is 11.2 Å². The molecule has 1 atom stereocenters. The Kier molecular flexibility index (Phi) is 5.22. The zero-order valence-electron chi connectivity index (χ0n) is 12.1. The van der Waals surface area contributed by atoms with Crippen molar-refractivity contribution in [3.63, 3.8) is 0 Å². The molecule has 3 nitrogen and oxygen atoms in total. The maximum atomic E-state index is 10.9. The second-order valence-corrected chi connectivity index (χ2v) is 6.73. The molecule has 1 aromatic carbocycles. The van der Waals surface area contributed by atoms with Crippen molar-refractivity contribution in [1.29, 1.82) is 0 Å². The van der Waals surface area contributed by atoms with E-state index in [1.165, 1.54) is 18.4 Å². The highest BCUT2D eigenvalue weighted by Gasteiger charge is 2.20. The Labute approximate surface area is 129 Å². The van der Waals surface area contributed by atoms with E-state index in [0.29, 0.717) is 12.3 Å². The van der Waals surface area contributed by atoms with Gasteiger partial charge < -0.3 is 10.0 Å². The summed E-state index contributed by atoms with van der Waals surface area (Å²) in [6.07, 6.45) is 2.97. The highest BCUT2D eigenvalue weighted by atomic mass is 79.9. The number of hydrogen-bond acceptors (Lipinski definition) is 2. The smallest absolute Gasteiger partial charge is 0.306 e. The number of benzene rings is 1. The largest absolute Gasteiger partial charge is 0.481 e. The molecule has 1 N–H and O–H groups in total. The van der Waals surface area contributed by atoms with Crippen LogP contribution in [0.1, 0.15) is 36.8 Å². The molecule has 0 bridgehead atoms. The van der Waals surface area contributed by atoms with Gasteiger partial charge in [0.15, 0.2) is 0 Å². The highest BCUT2D eigenvalue weighted by Crippen LogP contribution is 2.33.